The number of aromatic carboxylic acids is 1. The fourth-order valence-corrected chi connectivity index (χ4v) is 1.62. The number of carboxylic acids is 1. The summed E-state index contributed by atoms with van der Waals surface area (Å²) in [6.45, 7) is 4.40. The minimum atomic E-state index is -0.968. The van der Waals surface area contributed by atoms with Gasteiger partial charge < -0.3 is 14.6 Å². The van der Waals surface area contributed by atoms with Gasteiger partial charge in [0.05, 0.1) is 22.2 Å². The van der Waals surface area contributed by atoms with E-state index in [0.29, 0.717) is 18.8 Å². The van der Waals surface area contributed by atoms with Crippen molar-refractivity contribution < 1.29 is 19.4 Å². The van der Waals surface area contributed by atoms with Crippen molar-refractivity contribution >= 4 is 21.9 Å². The molecule has 1 aromatic carbocycles. The van der Waals surface area contributed by atoms with E-state index in [9.17, 15) is 4.79 Å². The van der Waals surface area contributed by atoms with Gasteiger partial charge in [0.25, 0.3) is 0 Å². The molecule has 0 aliphatic rings. The third-order valence-corrected chi connectivity index (χ3v) is 3.35. The second-order valence-corrected chi connectivity index (χ2v) is 5.37. The quantitative estimate of drug-likeness (QED) is 0.874. The number of hydrogen-bond donors (Lipinski definition) is 1. The summed E-state index contributed by atoms with van der Waals surface area (Å²) >= 11 is 3.33. The van der Waals surface area contributed by atoms with E-state index in [0.717, 1.165) is 4.47 Å². The van der Waals surface area contributed by atoms with Crippen molar-refractivity contribution in [1.29, 1.82) is 0 Å². The molecule has 4 nitrogen and oxygen atoms in total. The minimum Gasteiger partial charge on any atom is -0.492 e. The molecule has 1 aromatic rings. The average Bonchev–Trinajstić information content (AvgIpc) is 2.31. The third kappa shape index (κ3) is 4.31. The van der Waals surface area contributed by atoms with Crippen LogP contribution in [-0.2, 0) is 4.74 Å². The van der Waals surface area contributed by atoms with Gasteiger partial charge in [-0.2, -0.15) is 0 Å². The first-order valence-electron chi connectivity index (χ1n) is 5.56. The topological polar surface area (TPSA) is 55.8 Å². The molecule has 0 bridgehead atoms. The molecule has 0 saturated carbocycles. The highest BCUT2D eigenvalue weighted by molar-refractivity contribution is 9.10. The molecule has 0 atom stereocenters. The lowest BCUT2D eigenvalue weighted by molar-refractivity contribution is 0.00536. The summed E-state index contributed by atoms with van der Waals surface area (Å²) in [6, 6.07) is 4.70. The standard InChI is InChI=1S/C13H17BrO4/c1-13(2,17-3)6-7-18-11-8-9(12(15)16)4-5-10(11)14/h4-5,8H,6-7H2,1-3H3,(H,15,16). The van der Waals surface area contributed by atoms with Crippen molar-refractivity contribution in [3.63, 3.8) is 0 Å². The lowest BCUT2D eigenvalue weighted by Gasteiger charge is -2.22. The molecule has 18 heavy (non-hydrogen) atoms. The van der Waals surface area contributed by atoms with Gasteiger partial charge in [-0.15, -0.1) is 0 Å². The van der Waals surface area contributed by atoms with Crippen molar-refractivity contribution in [3.05, 3.63) is 28.2 Å². The Morgan fingerprint density at radius 1 is 1.44 bits per heavy atom. The van der Waals surface area contributed by atoms with Crippen LogP contribution in [0.3, 0.4) is 0 Å². The molecule has 0 fully saturated rings. The van der Waals surface area contributed by atoms with E-state index >= 15 is 0 Å². The van der Waals surface area contributed by atoms with Crippen LogP contribution < -0.4 is 4.74 Å². The Labute approximate surface area is 115 Å². The first-order valence-corrected chi connectivity index (χ1v) is 6.36. The van der Waals surface area contributed by atoms with Crippen molar-refractivity contribution in [3.8, 4) is 5.75 Å². The largest absolute Gasteiger partial charge is 0.492 e. The average molecular weight is 317 g/mol. The lowest BCUT2D eigenvalue weighted by Crippen LogP contribution is -2.25. The molecule has 0 unspecified atom stereocenters. The molecule has 0 amide bonds. The fourth-order valence-electron chi connectivity index (χ4n) is 1.26. The Hall–Kier alpha value is -1.07. The highest BCUT2D eigenvalue weighted by atomic mass is 79.9. The SMILES string of the molecule is COC(C)(C)CCOc1cc(C(=O)O)ccc1Br. The highest BCUT2D eigenvalue weighted by Gasteiger charge is 2.16. The van der Waals surface area contributed by atoms with Crippen LogP contribution in [0, 0.1) is 0 Å². The zero-order chi connectivity index (χ0) is 13.8. The normalized spacial score (nSPS) is 11.3. The Morgan fingerprint density at radius 2 is 2.11 bits per heavy atom. The van der Waals surface area contributed by atoms with Crippen molar-refractivity contribution in [2.24, 2.45) is 0 Å². The van der Waals surface area contributed by atoms with Crippen LogP contribution in [0.25, 0.3) is 0 Å². The predicted molar refractivity (Wildman–Crippen MR) is 72.3 cm³/mol. The van der Waals surface area contributed by atoms with E-state index in [-0.39, 0.29) is 11.2 Å². The zero-order valence-electron chi connectivity index (χ0n) is 10.7. The Bertz CT molecular complexity index is 429. The molecule has 0 radical (unpaired) electrons. The summed E-state index contributed by atoms with van der Waals surface area (Å²) in [5.74, 6) is -0.439. The number of carbonyl (C=O) groups is 1. The Balaban J connectivity index is 2.67. The molecule has 0 heterocycles. The van der Waals surface area contributed by atoms with Crippen molar-refractivity contribution in [1.82, 2.24) is 0 Å². The van der Waals surface area contributed by atoms with Crippen molar-refractivity contribution in [2.75, 3.05) is 13.7 Å². The summed E-state index contributed by atoms with van der Waals surface area (Å²) in [4.78, 5) is 10.9. The maximum Gasteiger partial charge on any atom is 0.335 e. The molecule has 1 N–H and O–H groups in total. The van der Waals surface area contributed by atoms with Gasteiger partial charge in [0.15, 0.2) is 0 Å². The second-order valence-electron chi connectivity index (χ2n) is 4.51. The molecule has 0 aliphatic heterocycles. The van der Waals surface area contributed by atoms with E-state index in [1.165, 1.54) is 12.1 Å². The second kappa shape index (κ2) is 6.20. The van der Waals surface area contributed by atoms with Gasteiger partial charge in [0.1, 0.15) is 5.75 Å². The number of halogens is 1. The van der Waals surface area contributed by atoms with Crippen LogP contribution in [0.2, 0.25) is 0 Å². The molecule has 0 spiro atoms. The van der Waals surface area contributed by atoms with Crippen LogP contribution in [0.1, 0.15) is 30.6 Å². The van der Waals surface area contributed by atoms with E-state index in [2.05, 4.69) is 15.9 Å². The summed E-state index contributed by atoms with van der Waals surface area (Å²) in [5, 5.41) is 8.90. The summed E-state index contributed by atoms with van der Waals surface area (Å²) in [7, 11) is 1.65. The summed E-state index contributed by atoms with van der Waals surface area (Å²) in [5.41, 5.74) is -0.0455. The fraction of sp³-hybridized carbons (Fsp3) is 0.462. The van der Waals surface area contributed by atoms with Crippen LogP contribution in [0.4, 0.5) is 0 Å². The Kier molecular flexibility index (Phi) is 5.16. The summed E-state index contributed by atoms with van der Waals surface area (Å²) < 4.78 is 11.6. The van der Waals surface area contributed by atoms with Crippen LogP contribution in [0.15, 0.2) is 22.7 Å². The number of methoxy groups -OCH3 is 1. The first kappa shape index (κ1) is 15.0. The third-order valence-electron chi connectivity index (χ3n) is 2.69. The molecular weight excluding hydrogens is 300 g/mol. The van der Waals surface area contributed by atoms with E-state index < -0.39 is 5.97 Å². The maximum absolute atomic E-state index is 10.9. The van der Waals surface area contributed by atoms with Crippen LogP contribution in [0.5, 0.6) is 5.75 Å². The molecule has 0 aliphatic carbocycles. The zero-order valence-corrected chi connectivity index (χ0v) is 12.3. The molecule has 5 heteroatoms. The highest BCUT2D eigenvalue weighted by Crippen LogP contribution is 2.27. The van der Waals surface area contributed by atoms with Gasteiger partial charge in [-0.3, -0.25) is 0 Å². The van der Waals surface area contributed by atoms with E-state index in [4.69, 9.17) is 14.6 Å². The van der Waals surface area contributed by atoms with E-state index in [1.54, 1.807) is 13.2 Å². The lowest BCUT2D eigenvalue weighted by atomic mass is 10.1. The monoisotopic (exact) mass is 316 g/mol. The van der Waals surface area contributed by atoms with Gasteiger partial charge in [0, 0.05) is 13.5 Å². The van der Waals surface area contributed by atoms with Crippen LogP contribution in [-0.4, -0.2) is 30.4 Å². The van der Waals surface area contributed by atoms with Gasteiger partial charge in [-0.25, -0.2) is 4.79 Å². The maximum atomic E-state index is 10.9. The number of benzene rings is 1. The minimum absolute atomic E-state index is 0.208. The van der Waals surface area contributed by atoms with Crippen molar-refractivity contribution in [2.45, 2.75) is 25.9 Å². The van der Waals surface area contributed by atoms with Gasteiger partial charge in [0.2, 0.25) is 0 Å². The number of hydrogen-bond acceptors (Lipinski definition) is 3. The van der Waals surface area contributed by atoms with E-state index in [1.807, 2.05) is 13.8 Å². The molecule has 1 rings (SSSR count). The number of carboxylic acid groups (broad SMARTS) is 1. The molecular formula is C13H17BrO4. The number of rotatable bonds is 6. The predicted octanol–water partition coefficient (Wildman–Crippen LogP) is 3.34. The van der Waals surface area contributed by atoms with Gasteiger partial charge in [-0.05, 0) is 48.0 Å². The van der Waals surface area contributed by atoms with Gasteiger partial charge >= 0.3 is 5.97 Å². The molecule has 0 aromatic heterocycles. The molecule has 100 valence electrons. The first-order chi connectivity index (χ1) is 8.35. The molecule has 0 saturated heterocycles. The smallest absolute Gasteiger partial charge is 0.335 e. The van der Waals surface area contributed by atoms with Gasteiger partial charge in [-0.1, -0.05) is 0 Å². The Morgan fingerprint density at radius 3 is 2.67 bits per heavy atom. The number of ether oxygens (including phenoxy) is 2. The summed E-state index contributed by atoms with van der Waals surface area (Å²) in [6.07, 6.45) is 0.716. The van der Waals surface area contributed by atoms with Crippen LogP contribution >= 0.6 is 15.9 Å².